The smallest absolute Gasteiger partial charge is 0.0282 e. The standard InChI is InChI=1S/C15H26/c1-4-5-7-13(2)10-11-15-9-6-8-14(3)12-15/h5,7,14-15H,2,4,6,8-12H2,1,3H3/b7-5-. The molecule has 1 fully saturated rings. The molecule has 2 atom stereocenters. The van der Waals surface area contributed by atoms with Crippen molar-refractivity contribution in [1.29, 1.82) is 0 Å². The Morgan fingerprint density at radius 1 is 1.40 bits per heavy atom. The van der Waals surface area contributed by atoms with Crippen LogP contribution < -0.4 is 0 Å². The Morgan fingerprint density at radius 3 is 2.87 bits per heavy atom. The predicted molar refractivity (Wildman–Crippen MR) is 68.9 cm³/mol. The van der Waals surface area contributed by atoms with E-state index in [1.54, 1.807) is 0 Å². The normalized spacial score (nSPS) is 27.1. The lowest BCUT2D eigenvalue weighted by molar-refractivity contribution is 0.270. The molecule has 86 valence electrons. The lowest BCUT2D eigenvalue weighted by Gasteiger charge is -2.26. The van der Waals surface area contributed by atoms with Crippen molar-refractivity contribution in [3.63, 3.8) is 0 Å². The fraction of sp³-hybridized carbons (Fsp3) is 0.733. The minimum Gasteiger partial charge on any atom is -0.0958 e. The van der Waals surface area contributed by atoms with Crippen LogP contribution in [0.2, 0.25) is 0 Å². The maximum Gasteiger partial charge on any atom is -0.0282 e. The van der Waals surface area contributed by atoms with Gasteiger partial charge in [-0.1, -0.05) is 57.4 Å². The van der Waals surface area contributed by atoms with Crippen LogP contribution in [-0.4, -0.2) is 0 Å². The van der Waals surface area contributed by atoms with Gasteiger partial charge in [0.2, 0.25) is 0 Å². The Kier molecular flexibility index (Phi) is 5.75. The Morgan fingerprint density at radius 2 is 2.20 bits per heavy atom. The van der Waals surface area contributed by atoms with Crippen LogP contribution in [0.4, 0.5) is 0 Å². The molecule has 2 unspecified atom stereocenters. The van der Waals surface area contributed by atoms with Gasteiger partial charge >= 0.3 is 0 Å². The van der Waals surface area contributed by atoms with Crippen molar-refractivity contribution in [1.82, 2.24) is 0 Å². The molecule has 0 aromatic carbocycles. The van der Waals surface area contributed by atoms with Crippen molar-refractivity contribution in [2.75, 3.05) is 0 Å². The first kappa shape index (κ1) is 12.5. The Hall–Kier alpha value is -0.520. The summed E-state index contributed by atoms with van der Waals surface area (Å²) in [7, 11) is 0. The molecule has 0 heterocycles. The molecule has 1 aliphatic carbocycles. The van der Waals surface area contributed by atoms with E-state index in [2.05, 4.69) is 32.6 Å². The van der Waals surface area contributed by atoms with Gasteiger partial charge in [-0.25, -0.2) is 0 Å². The molecule has 0 nitrogen and oxygen atoms in total. The summed E-state index contributed by atoms with van der Waals surface area (Å²) in [4.78, 5) is 0. The maximum absolute atomic E-state index is 4.11. The number of hydrogen-bond acceptors (Lipinski definition) is 0. The fourth-order valence-electron chi connectivity index (χ4n) is 2.58. The van der Waals surface area contributed by atoms with Crippen molar-refractivity contribution in [2.24, 2.45) is 11.8 Å². The average Bonchev–Trinajstić information content (AvgIpc) is 2.23. The minimum atomic E-state index is 0.961. The summed E-state index contributed by atoms with van der Waals surface area (Å²) in [5.41, 5.74) is 1.31. The lowest BCUT2D eigenvalue weighted by Crippen LogP contribution is -2.13. The van der Waals surface area contributed by atoms with E-state index in [0.29, 0.717) is 0 Å². The quantitative estimate of drug-likeness (QED) is 0.548. The molecule has 0 spiro atoms. The molecular formula is C15H26. The van der Waals surface area contributed by atoms with Gasteiger partial charge in [0.05, 0.1) is 0 Å². The van der Waals surface area contributed by atoms with E-state index < -0.39 is 0 Å². The summed E-state index contributed by atoms with van der Waals surface area (Å²) in [6.07, 6.45) is 13.9. The Bertz CT molecular complexity index is 212. The third-order valence-corrected chi connectivity index (χ3v) is 3.51. The van der Waals surface area contributed by atoms with E-state index in [-0.39, 0.29) is 0 Å². The third kappa shape index (κ3) is 5.20. The van der Waals surface area contributed by atoms with Gasteiger partial charge in [-0.3, -0.25) is 0 Å². The molecule has 0 bridgehead atoms. The zero-order valence-electron chi connectivity index (χ0n) is 10.5. The first-order chi connectivity index (χ1) is 7.22. The van der Waals surface area contributed by atoms with E-state index in [1.807, 2.05) is 0 Å². The largest absolute Gasteiger partial charge is 0.0958 e. The van der Waals surface area contributed by atoms with Crippen LogP contribution in [0.15, 0.2) is 24.3 Å². The van der Waals surface area contributed by atoms with Crippen LogP contribution in [0.5, 0.6) is 0 Å². The van der Waals surface area contributed by atoms with Crippen LogP contribution in [0.1, 0.15) is 58.8 Å². The van der Waals surface area contributed by atoms with Gasteiger partial charge in [-0.2, -0.15) is 0 Å². The van der Waals surface area contributed by atoms with E-state index in [4.69, 9.17) is 0 Å². The predicted octanol–water partition coefficient (Wildman–Crippen LogP) is 5.12. The first-order valence-corrected chi connectivity index (χ1v) is 6.56. The second kappa shape index (κ2) is 6.87. The number of allylic oxidation sites excluding steroid dienone is 3. The first-order valence-electron chi connectivity index (χ1n) is 6.56. The van der Waals surface area contributed by atoms with Crippen molar-refractivity contribution in [3.8, 4) is 0 Å². The van der Waals surface area contributed by atoms with E-state index >= 15 is 0 Å². The van der Waals surface area contributed by atoms with E-state index in [1.165, 1.54) is 44.1 Å². The van der Waals surface area contributed by atoms with E-state index in [0.717, 1.165) is 18.3 Å². The van der Waals surface area contributed by atoms with Gasteiger partial charge in [0, 0.05) is 0 Å². The van der Waals surface area contributed by atoms with Crippen LogP contribution in [0.25, 0.3) is 0 Å². The number of hydrogen-bond donors (Lipinski definition) is 0. The molecule has 0 radical (unpaired) electrons. The molecule has 1 saturated carbocycles. The fourth-order valence-corrected chi connectivity index (χ4v) is 2.58. The van der Waals surface area contributed by atoms with Gasteiger partial charge in [0.15, 0.2) is 0 Å². The molecule has 1 rings (SSSR count). The lowest BCUT2D eigenvalue weighted by atomic mass is 9.80. The second-order valence-electron chi connectivity index (χ2n) is 5.15. The molecule has 0 amide bonds. The molecule has 0 aromatic rings. The summed E-state index contributed by atoms with van der Waals surface area (Å²) < 4.78 is 0. The highest BCUT2D eigenvalue weighted by Crippen LogP contribution is 2.32. The zero-order chi connectivity index (χ0) is 11.1. The maximum atomic E-state index is 4.11. The van der Waals surface area contributed by atoms with Crippen LogP contribution in [-0.2, 0) is 0 Å². The highest BCUT2D eigenvalue weighted by Gasteiger charge is 2.18. The summed E-state index contributed by atoms with van der Waals surface area (Å²) >= 11 is 0. The van der Waals surface area contributed by atoms with Crippen molar-refractivity contribution >= 4 is 0 Å². The average molecular weight is 206 g/mol. The Labute approximate surface area is 95.5 Å². The van der Waals surface area contributed by atoms with Crippen molar-refractivity contribution in [3.05, 3.63) is 24.3 Å². The summed E-state index contributed by atoms with van der Waals surface area (Å²) in [5.74, 6) is 1.93. The summed E-state index contributed by atoms with van der Waals surface area (Å²) in [6.45, 7) is 8.68. The summed E-state index contributed by atoms with van der Waals surface area (Å²) in [5, 5.41) is 0. The summed E-state index contributed by atoms with van der Waals surface area (Å²) in [6, 6.07) is 0. The van der Waals surface area contributed by atoms with Crippen LogP contribution >= 0.6 is 0 Å². The molecule has 0 N–H and O–H groups in total. The zero-order valence-corrected chi connectivity index (χ0v) is 10.5. The monoisotopic (exact) mass is 206 g/mol. The molecule has 15 heavy (non-hydrogen) atoms. The molecule has 0 saturated heterocycles. The molecule has 1 aliphatic rings. The minimum absolute atomic E-state index is 0.961. The SMILES string of the molecule is C=C(/C=C\CC)CCC1CCCC(C)C1. The molecule has 0 aromatic heterocycles. The van der Waals surface area contributed by atoms with Gasteiger partial charge < -0.3 is 0 Å². The van der Waals surface area contributed by atoms with Crippen LogP contribution in [0, 0.1) is 11.8 Å². The molecular weight excluding hydrogens is 180 g/mol. The van der Waals surface area contributed by atoms with Crippen molar-refractivity contribution < 1.29 is 0 Å². The highest BCUT2D eigenvalue weighted by atomic mass is 14.2. The van der Waals surface area contributed by atoms with Crippen LogP contribution in [0.3, 0.4) is 0 Å². The van der Waals surface area contributed by atoms with Gasteiger partial charge in [-0.15, -0.1) is 0 Å². The molecule has 0 heteroatoms. The van der Waals surface area contributed by atoms with Gasteiger partial charge in [0.25, 0.3) is 0 Å². The Balaban J connectivity index is 2.18. The van der Waals surface area contributed by atoms with Gasteiger partial charge in [-0.05, 0) is 37.5 Å². The van der Waals surface area contributed by atoms with Gasteiger partial charge in [0.1, 0.15) is 0 Å². The highest BCUT2D eigenvalue weighted by molar-refractivity contribution is 5.13. The van der Waals surface area contributed by atoms with E-state index in [9.17, 15) is 0 Å². The number of rotatable bonds is 5. The third-order valence-electron chi connectivity index (χ3n) is 3.51. The molecule has 0 aliphatic heterocycles. The topological polar surface area (TPSA) is 0 Å². The second-order valence-corrected chi connectivity index (χ2v) is 5.15. The van der Waals surface area contributed by atoms with Crippen molar-refractivity contribution in [2.45, 2.75) is 58.8 Å².